The van der Waals surface area contributed by atoms with E-state index in [1.165, 1.54) is 20.9 Å². The third-order valence-corrected chi connectivity index (χ3v) is 7.85. The topological polar surface area (TPSA) is 176 Å². The van der Waals surface area contributed by atoms with Crippen LogP contribution in [-0.2, 0) is 25.6 Å². The van der Waals surface area contributed by atoms with Gasteiger partial charge in [-0.15, -0.1) is 0 Å². The standard InChI is InChI=1S/C22H27ClN2OS.2C4H4O4/c23-18-7-8-22-19(16-18)20(15-17-5-1-2-6-21(17)27-22)25-12-10-24(11-13-25)9-3-4-14-26;2*5-3(6)1-2-4(7)8/h1-2,5-8,16,20,26H,3-4,9-15H2;2*1-2H,(H,5,6)(H,7,8)/b;2*2-1+. The van der Waals surface area contributed by atoms with Crippen molar-refractivity contribution in [1.29, 1.82) is 0 Å². The molecule has 0 aromatic heterocycles. The number of hydrogen-bond acceptors (Lipinski definition) is 8. The summed E-state index contributed by atoms with van der Waals surface area (Å²) in [5.74, 6) is -5.03. The SMILES string of the molecule is O=C(O)/C=C/C(=O)O.O=C(O)/C=C/C(=O)O.OCCCCN1CCN(C2Cc3ccccc3Sc3ccc(Cl)cc32)CC1. The average molecular weight is 635 g/mol. The molecule has 0 aliphatic carbocycles. The van der Waals surface area contributed by atoms with Crippen LogP contribution in [0.5, 0.6) is 0 Å². The Labute approximate surface area is 258 Å². The van der Waals surface area contributed by atoms with E-state index >= 15 is 0 Å². The molecule has 1 atom stereocenters. The lowest BCUT2D eigenvalue weighted by molar-refractivity contribution is -0.134. The summed E-state index contributed by atoms with van der Waals surface area (Å²) in [6.07, 6.45) is 5.27. The number of carboxylic acid groups (broad SMARTS) is 4. The Kier molecular flexibility index (Phi) is 15.5. The van der Waals surface area contributed by atoms with E-state index in [9.17, 15) is 19.2 Å². The van der Waals surface area contributed by atoms with E-state index in [0.717, 1.165) is 57.0 Å². The summed E-state index contributed by atoms with van der Waals surface area (Å²) in [6, 6.07) is 15.5. The molecule has 2 aliphatic rings. The highest BCUT2D eigenvalue weighted by molar-refractivity contribution is 7.99. The normalized spacial score (nSPS) is 16.6. The molecule has 11 nitrogen and oxygen atoms in total. The van der Waals surface area contributed by atoms with Crippen molar-refractivity contribution in [3.63, 3.8) is 0 Å². The number of piperazine rings is 1. The van der Waals surface area contributed by atoms with Crippen LogP contribution in [0, 0.1) is 0 Å². The van der Waals surface area contributed by atoms with Crippen molar-refractivity contribution in [1.82, 2.24) is 9.80 Å². The predicted octanol–water partition coefficient (Wildman–Crippen LogP) is 3.90. The van der Waals surface area contributed by atoms with Crippen LogP contribution in [0.15, 0.2) is 76.6 Å². The summed E-state index contributed by atoms with van der Waals surface area (Å²) in [5, 5.41) is 41.1. The average Bonchev–Trinajstić information content (AvgIpc) is 3.13. The van der Waals surface area contributed by atoms with Gasteiger partial charge in [0, 0.05) is 77.9 Å². The number of nitrogens with zero attached hydrogens (tertiary/aromatic N) is 2. The Morgan fingerprint density at radius 1 is 0.791 bits per heavy atom. The van der Waals surface area contributed by atoms with E-state index in [1.54, 1.807) is 0 Å². The molecule has 5 N–H and O–H groups in total. The van der Waals surface area contributed by atoms with Crippen LogP contribution in [0.2, 0.25) is 5.02 Å². The van der Waals surface area contributed by atoms with Crippen LogP contribution >= 0.6 is 23.4 Å². The van der Waals surface area contributed by atoms with Crippen molar-refractivity contribution < 1.29 is 44.7 Å². The van der Waals surface area contributed by atoms with Gasteiger partial charge >= 0.3 is 23.9 Å². The summed E-state index contributed by atoms with van der Waals surface area (Å²) < 4.78 is 0. The first-order chi connectivity index (χ1) is 20.5. The minimum atomic E-state index is -1.26. The lowest BCUT2D eigenvalue weighted by Crippen LogP contribution is -2.48. The molecular weight excluding hydrogens is 600 g/mol. The van der Waals surface area contributed by atoms with Crippen LogP contribution in [-0.4, -0.2) is 98.5 Å². The largest absolute Gasteiger partial charge is 0.478 e. The fraction of sp³-hybridized carbons (Fsp3) is 0.333. The van der Waals surface area contributed by atoms with Crippen LogP contribution in [0.25, 0.3) is 0 Å². The van der Waals surface area contributed by atoms with Crippen LogP contribution < -0.4 is 0 Å². The molecule has 1 fully saturated rings. The van der Waals surface area contributed by atoms with Crippen LogP contribution in [0.3, 0.4) is 0 Å². The Morgan fingerprint density at radius 3 is 1.88 bits per heavy atom. The summed E-state index contributed by atoms with van der Waals surface area (Å²) >= 11 is 8.26. The number of halogens is 1. The van der Waals surface area contributed by atoms with Crippen molar-refractivity contribution in [2.45, 2.75) is 35.1 Å². The number of unbranched alkanes of at least 4 members (excludes halogenated alkanes) is 1. The molecule has 43 heavy (non-hydrogen) atoms. The van der Waals surface area contributed by atoms with E-state index in [-0.39, 0.29) is 0 Å². The fourth-order valence-corrected chi connectivity index (χ4v) is 5.73. The molecule has 0 amide bonds. The Hall–Kier alpha value is -3.68. The zero-order valence-corrected chi connectivity index (χ0v) is 24.9. The Bertz CT molecular complexity index is 1240. The van der Waals surface area contributed by atoms with Gasteiger partial charge in [-0.1, -0.05) is 41.6 Å². The minimum absolute atomic E-state index is 0.302. The van der Waals surface area contributed by atoms with E-state index in [4.69, 9.17) is 37.1 Å². The molecule has 232 valence electrons. The number of fused-ring (bicyclic) bond motifs is 2. The van der Waals surface area contributed by atoms with Gasteiger partial charge in [-0.05, 0) is 61.2 Å². The second kappa shape index (κ2) is 18.8. The first-order valence-corrected chi connectivity index (χ1v) is 14.6. The van der Waals surface area contributed by atoms with Gasteiger partial charge in [0.1, 0.15) is 0 Å². The molecule has 2 aromatic carbocycles. The van der Waals surface area contributed by atoms with Gasteiger partial charge in [0.15, 0.2) is 0 Å². The molecule has 0 radical (unpaired) electrons. The molecule has 0 spiro atoms. The zero-order valence-electron chi connectivity index (χ0n) is 23.3. The van der Waals surface area contributed by atoms with Gasteiger partial charge in [0.2, 0.25) is 0 Å². The second-order valence-electron chi connectivity index (χ2n) is 9.44. The summed E-state index contributed by atoms with van der Waals surface area (Å²) in [5.41, 5.74) is 2.81. The van der Waals surface area contributed by atoms with Crippen LogP contribution in [0.4, 0.5) is 0 Å². The van der Waals surface area contributed by atoms with Gasteiger partial charge in [0.25, 0.3) is 0 Å². The van der Waals surface area contributed by atoms with Gasteiger partial charge < -0.3 is 30.4 Å². The molecule has 0 saturated carbocycles. The molecule has 4 rings (SSSR count). The number of carbonyl (C=O) groups is 4. The summed E-state index contributed by atoms with van der Waals surface area (Å²) in [4.78, 5) is 46.1. The lowest BCUT2D eigenvalue weighted by Gasteiger charge is -2.39. The number of aliphatic carboxylic acids is 4. The maximum Gasteiger partial charge on any atom is 0.328 e. The highest BCUT2D eigenvalue weighted by atomic mass is 35.5. The van der Waals surface area contributed by atoms with E-state index < -0.39 is 23.9 Å². The number of benzene rings is 2. The van der Waals surface area contributed by atoms with Gasteiger partial charge in [-0.25, -0.2) is 19.2 Å². The second-order valence-corrected chi connectivity index (χ2v) is 11.0. The summed E-state index contributed by atoms with van der Waals surface area (Å²) in [6.45, 7) is 5.78. The van der Waals surface area contributed by atoms with E-state index in [2.05, 4.69) is 46.2 Å². The maximum atomic E-state index is 9.55. The predicted molar refractivity (Wildman–Crippen MR) is 162 cm³/mol. The van der Waals surface area contributed by atoms with Gasteiger partial charge in [-0.3, -0.25) is 4.90 Å². The number of aliphatic hydroxyl groups excluding tert-OH is 1. The zero-order chi connectivity index (χ0) is 31.8. The van der Waals surface area contributed by atoms with Crippen molar-refractivity contribution in [2.75, 3.05) is 39.3 Å². The fourth-order valence-electron chi connectivity index (χ4n) is 4.44. The van der Waals surface area contributed by atoms with Crippen molar-refractivity contribution in [3.8, 4) is 0 Å². The molecule has 2 aliphatic heterocycles. The number of rotatable bonds is 9. The molecule has 2 aromatic rings. The molecule has 2 heterocycles. The van der Waals surface area contributed by atoms with Gasteiger partial charge in [0.05, 0.1) is 0 Å². The monoisotopic (exact) mass is 634 g/mol. The highest BCUT2D eigenvalue weighted by Crippen LogP contribution is 2.43. The lowest BCUT2D eigenvalue weighted by atomic mass is 9.96. The minimum Gasteiger partial charge on any atom is -0.478 e. The maximum absolute atomic E-state index is 9.55. The number of aliphatic hydroxyl groups is 1. The van der Waals surface area contributed by atoms with E-state index in [0.29, 0.717) is 37.0 Å². The van der Waals surface area contributed by atoms with Crippen LogP contribution in [0.1, 0.15) is 30.0 Å². The van der Waals surface area contributed by atoms with Crippen molar-refractivity contribution in [2.24, 2.45) is 0 Å². The number of carboxylic acids is 4. The third-order valence-electron chi connectivity index (χ3n) is 6.40. The Morgan fingerprint density at radius 2 is 1.35 bits per heavy atom. The first-order valence-electron chi connectivity index (χ1n) is 13.4. The Balaban J connectivity index is 0.000000334. The molecule has 13 heteroatoms. The van der Waals surface area contributed by atoms with E-state index in [1.807, 2.05) is 17.8 Å². The molecule has 1 saturated heterocycles. The van der Waals surface area contributed by atoms with Crippen molar-refractivity contribution in [3.05, 3.63) is 82.9 Å². The third kappa shape index (κ3) is 13.4. The van der Waals surface area contributed by atoms with Crippen molar-refractivity contribution >= 4 is 47.2 Å². The highest BCUT2D eigenvalue weighted by Gasteiger charge is 2.30. The molecular formula is C30H35ClN2O9S. The quantitative estimate of drug-likeness (QED) is 0.199. The molecule has 0 bridgehead atoms. The smallest absolute Gasteiger partial charge is 0.328 e. The number of hydrogen-bond donors (Lipinski definition) is 5. The van der Waals surface area contributed by atoms with Gasteiger partial charge in [-0.2, -0.15) is 0 Å². The molecule has 1 unspecified atom stereocenters. The first kappa shape index (κ1) is 35.5. The summed E-state index contributed by atoms with van der Waals surface area (Å²) in [7, 11) is 0.